The maximum atomic E-state index is 12.2. The third-order valence-corrected chi connectivity index (χ3v) is 3.35. The van der Waals surface area contributed by atoms with E-state index in [-0.39, 0.29) is 0 Å². The zero-order valence-corrected chi connectivity index (χ0v) is 14.3. The Morgan fingerprint density at radius 3 is 2.16 bits per heavy atom. The van der Waals surface area contributed by atoms with Crippen molar-refractivity contribution in [2.75, 3.05) is 20.8 Å². The van der Waals surface area contributed by atoms with Crippen LogP contribution in [-0.4, -0.2) is 32.6 Å². The van der Waals surface area contributed by atoms with E-state index < -0.39 is 11.8 Å². The van der Waals surface area contributed by atoms with Gasteiger partial charge in [0.25, 0.3) is 11.8 Å². The highest BCUT2D eigenvalue weighted by molar-refractivity contribution is 5.99. The molecule has 7 nitrogen and oxygen atoms in total. The van der Waals surface area contributed by atoms with E-state index >= 15 is 0 Å². The fourth-order valence-corrected chi connectivity index (χ4v) is 2.11. The number of amides is 2. The highest BCUT2D eigenvalue weighted by atomic mass is 16.5. The molecular formula is C18H20N2O5. The molecule has 7 heteroatoms. The van der Waals surface area contributed by atoms with Crippen molar-refractivity contribution in [1.82, 2.24) is 10.9 Å². The van der Waals surface area contributed by atoms with Crippen LogP contribution < -0.4 is 25.1 Å². The van der Waals surface area contributed by atoms with Crippen molar-refractivity contribution in [3.05, 3.63) is 53.6 Å². The van der Waals surface area contributed by atoms with Gasteiger partial charge in [0.2, 0.25) is 0 Å². The summed E-state index contributed by atoms with van der Waals surface area (Å²) in [6.45, 7) is 2.34. The zero-order chi connectivity index (χ0) is 18.2. The Labute approximate surface area is 145 Å². The highest BCUT2D eigenvalue weighted by Crippen LogP contribution is 2.27. The summed E-state index contributed by atoms with van der Waals surface area (Å²) < 4.78 is 15.7. The monoisotopic (exact) mass is 344 g/mol. The van der Waals surface area contributed by atoms with Crippen molar-refractivity contribution in [3.8, 4) is 17.2 Å². The van der Waals surface area contributed by atoms with E-state index in [9.17, 15) is 9.59 Å². The van der Waals surface area contributed by atoms with Crippen LogP contribution in [0.4, 0.5) is 0 Å². The molecule has 2 rings (SSSR count). The number of nitrogens with one attached hydrogen (secondary N) is 2. The van der Waals surface area contributed by atoms with E-state index in [0.29, 0.717) is 35.0 Å². The SMILES string of the molecule is CCOc1ccc(C(=O)NNC(=O)c2cccc(OC)c2)cc1OC. The van der Waals surface area contributed by atoms with E-state index in [2.05, 4.69) is 10.9 Å². The van der Waals surface area contributed by atoms with Gasteiger partial charge in [0.15, 0.2) is 11.5 Å². The number of methoxy groups -OCH3 is 2. The Morgan fingerprint density at radius 1 is 0.880 bits per heavy atom. The summed E-state index contributed by atoms with van der Waals surface area (Å²) in [6, 6.07) is 11.4. The molecule has 132 valence electrons. The molecule has 0 atom stereocenters. The first kappa shape index (κ1) is 18.1. The molecule has 0 saturated carbocycles. The topological polar surface area (TPSA) is 85.9 Å². The molecule has 0 heterocycles. The first-order valence-electron chi connectivity index (χ1n) is 7.64. The first-order valence-corrected chi connectivity index (χ1v) is 7.64. The van der Waals surface area contributed by atoms with E-state index in [1.54, 1.807) is 36.4 Å². The number of carbonyl (C=O) groups is 2. The van der Waals surface area contributed by atoms with E-state index in [1.165, 1.54) is 20.3 Å². The van der Waals surface area contributed by atoms with Crippen LogP contribution in [0.2, 0.25) is 0 Å². The van der Waals surface area contributed by atoms with Crippen molar-refractivity contribution in [2.45, 2.75) is 6.92 Å². The lowest BCUT2D eigenvalue weighted by Crippen LogP contribution is -2.41. The molecule has 0 fully saturated rings. The van der Waals surface area contributed by atoms with Gasteiger partial charge < -0.3 is 14.2 Å². The molecule has 0 aliphatic carbocycles. The number of carbonyl (C=O) groups excluding carboxylic acids is 2. The lowest BCUT2D eigenvalue weighted by atomic mass is 10.2. The second-order valence-electron chi connectivity index (χ2n) is 4.94. The van der Waals surface area contributed by atoms with Gasteiger partial charge in [0, 0.05) is 11.1 Å². The summed E-state index contributed by atoms with van der Waals surface area (Å²) in [6.07, 6.45) is 0. The van der Waals surface area contributed by atoms with Crippen molar-refractivity contribution in [2.24, 2.45) is 0 Å². The lowest BCUT2D eigenvalue weighted by Gasteiger charge is -2.12. The summed E-state index contributed by atoms with van der Waals surface area (Å²) in [7, 11) is 3.00. The molecule has 2 aromatic rings. The van der Waals surface area contributed by atoms with Crippen LogP contribution in [0.5, 0.6) is 17.2 Å². The molecule has 0 aliphatic heterocycles. The molecule has 0 aromatic heterocycles. The Bertz CT molecular complexity index is 761. The van der Waals surface area contributed by atoms with E-state index in [4.69, 9.17) is 14.2 Å². The minimum atomic E-state index is -0.474. The van der Waals surface area contributed by atoms with Crippen LogP contribution in [0, 0.1) is 0 Å². The largest absolute Gasteiger partial charge is 0.497 e. The number of rotatable bonds is 6. The van der Waals surface area contributed by atoms with Crippen LogP contribution >= 0.6 is 0 Å². The predicted molar refractivity (Wildman–Crippen MR) is 92.1 cm³/mol. The summed E-state index contributed by atoms with van der Waals surface area (Å²) in [5.74, 6) is 0.605. The molecular weight excluding hydrogens is 324 g/mol. The van der Waals surface area contributed by atoms with Crippen molar-refractivity contribution in [3.63, 3.8) is 0 Å². The zero-order valence-electron chi connectivity index (χ0n) is 14.3. The number of hydrogen-bond acceptors (Lipinski definition) is 5. The first-order chi connectivity index (χ1) is 12.1. The Hall–Kier alpha value is -3.22. The highest BCUT2D eigenvalue weighted by Gasteiger charge is 2.13. The third kappa shape index (κ3) is 4.63. The second kappa shape index (κ2) is 8.58. The van der Waals surface area contributed by atoms with E-state index in [1.807, 2.05) is 6.92 Å². The molecule has 0 spiro atoms. The summed E-state index contributed by atoms with van der Waals surface area (Å²) >= 11 is 0. The van der Waals surface area contributed by atoms with Crippen molar-refractivity contribution in [1.29, 1.82) is 0 Å². The lowest BCUT2D eigenvalue weighted by molar-refractivity contribution is 0.0846. The minimum Gasteiger partial charge on any atom is -0.497 e. The van der Waals surface area contributed by atoms with Gasteiger partial charge in [-0.15, -0.1) is 0 Å². The molecule has 0 saturated heterocycles. The smallest absolute Gasteiger partial charge is 0.269 e. The van der Waals surface area contributed by atoms with Crippen LogP contribution in [0.25, 0.3) is 0 Å². The van der Waals surface area contributed by atoms with Gasteiger partial charge in [-0.05, 0) is 43.3 Å². The van der Waals surface area contributed by atoms with Crippen LogP contribution in [0.3, 0.4) is 0 Å². The van der Waals surface area contributed by atoms with Crippen LogP contribution in [0.1, 0.15) is 27.6 Å². The van der Waals surface area contributed by atoms with Gasteiger partial charge in [-0.25, -0.2) is 0 Å². The average Bonchev–Trinajstić information content (AvgIpc) is 2.66. The van der Waals surface area contributed by atoms with Gasteiger partial charge in [-0.2, -0.15) is 0 Å². The predicted octanol–water partition coefficient (Wildman–Crippen LogP) is 2.18. The second-order valence-corrected chi connectivity index (χ2v) is 4.94. The normalized spacial score (nSPS) is 9.88. The molecule has 0 unspecified atom stereocenters. The fourth-order valence-electron chi connectivity index (χ4n) is 2.11. The van der Waals surface area contributed by atoms with Gasteiger partial charge in [-0.3, -0.25) is 20.4 Å². The Kier molecular flexibility index (Phi) is 6.22. The molecule has 0 bridgehead atoms. The number of hydrogen-bond donors (Lipinski definition) is 2. The average molecular weight is 344 g/mol. The quantitative estimate of drug-likeness (QED) is 0.785. The maximum Gasteiger partial charge on any atom is 0.269 e. The minimum absolute atomic E-state index is 0.325. The van der Waals surface area contributed by atoms with Crippen molar-refractivity contribution < 1.29 is 23.8 Å². The molecule has 0 radical (unpaired) electrons. The number of hydrazine groups is 1. The van der Waals surface area contributed by atoms with E-state index in [0.717, 1.165) is 0 Å². The Morgan fingerprint density at radius 2 is 1.56 bits per heavy atom. The third-order valence-electron chi connectivity index (χ3n) is 3.35. The molecule has 2 N–H and O–H groups in total. The summed E-state index contributed by atoms with van der Waals surface area (Å²) in [5.41, 5.74) is 5.41. The van der Waals surface area contributed by atoms with Gasteiger partial charge in [0.1, 0.15) is 5.75 Å². The molecule has 2 aromatic carbocycles. The number of benzene rings is 2. The standard InChI is InChI=1S/C18H20N2O5/c1-4-25-15-9-8-13(11-16(15)24-3)18(22)20-19-17(21)12-6-5-7-14(10-12)23-2/h5-11H,4H2,1-3H3,(H,19,21)(H,20,22). The van der Waals surface area contributed by atoms with Crippen molar-refractivity contribution >= 4 is 11.8 Å². The van der Waals surface area contributed by atoms with Gasteiger partial charge >= 0.3 is 0 Å². The maximum absolute atomic E-state index is 12.2. The summed E-state index contributed by atoms with van der Waals surface area (Å²) in [5, 5.41) is 0. The molecule has 0 aliphatic rings. The fraction of sp³-hybridized carbons (Fsp3) is 0.222. The van der Waals surface area contributed by atoms with Crippen LogP contribution in [0.15, 0.2) is 42.5 Å². The molecule has 2 amide bonds. The van der Waals surface area contributed by atoms with Gasteiger partial charge in [-0.1, -0.05) is 6.07 Å². The van der Waals surface area contributed by atoms with Crippen LogP contribution in [-0.2, 0) is 0 Å². The molecule has 25 heavy (non-hydrogen) atoms. The summed E-state index contributed by atoms with van der Waals surface area (Å²) in [4.78, 5) is 24.3. The number of ether oxygens (including phenoxy) is 3. The Balaban J connectivity index is 2.03. The van der Waals surface area contributed by atoms with Gasteiger partial charge in [0.05, 0.1) is 20.8 Å².